The van der Waals surface area contributed by atoms with Gasteiger partial charge < -0.3 is 14.6 Å². The van der Waals surface area contributed by atoms with E-state index in [1.807, 2.05) is 0 Å². The van der Waals surface area contributed by atoms with Crippen LogP contribution in [-0.2, 0) is 6.61 Å². The number of halogens is 2. The van der Waals surface area contributed by atoms with Gasteiger partial charge in [0.2, 0.25) is 0 Å². The summed E-state index contributed by atoms with van der Waals surface area (Å²) < 4.78 is 11.1. The molecule has 0 aromatic heterocycles. The van der Waals surface area contributed by atoms with E-state index in [9.17, 15) is 5.11 Å². The van der Waals surface area contributed by atoms with Gasteiger partial charge in [-0.2, -0.15) is 0 Å². The Balaban J connectivity index is 2.22. The molecule has 0 bridgehead atoms. The van der Waals surface area contributed by atoms with Gasteiger partial charge in [0, 0.05) is 21.2 Å². The highest BCUT2D eigenvalue weighted by Crippen LogP contribution is 2.30. The zero-order valence-corrected chi connectivity index (χ0v) is 13.3. The number of benzene rings is 2. The van der Waals surface area contributed by atoms with Crippen molar-refractivity contribution in [3.8, 4) is 11.5 Å². The third kappa shape index (κ3) is 4.03. The van der Waals surface area contributed by atoms with Gasteiger partial charge in [-0.1, -0.05) is 23.2 Å². The summed E-state index contributed by atoms with van der Waals surface area (Å²) in [5.41, 5.74) is 1.47. The second-order valence-corrected chi connectivity index (χ2v) is 5.48. The van der Waals surface area contributed by atoms with Gasteiger partial charge in [-0.3, -0.25) is 0 Å². The van der Waals surface area contributed by atoms with Gasteiger partial charge >= 0.3 is 0 Å². The van der Waals surface area contributed by atoms with Crippen LogP contribution in [0.25, 0.3) is 0 Å². The molecule has 1 atom stereocenters. The molecular weight excluding hydrogens is 311 g/mol. The van der Waals surface area contributed by atoms with E-state index in [-0.39, 0.29) is 6.61 Å². The maximum atomic E-state index is 9.79. The molecular formula is C16H16Cl2O3. The Morgan fingerprint density at radius 1 is 1.05 bits per heavy atom. The lowest BCUT2D eigenvalue weighted by atomic mass is 10.1. The molecule has 2 rings (SSSR count). The van der Waals surface area contributed by atoms with Crippen LogP contribution in [0.3, 0.4) is 0 Å². The van der Waals surface area contributed by atoms with E-state index >= 15 is 0 Å². The predicted octanol–water partition coefficient (Wildman–Crippen LogP) is 4.63. The second kappa shape index (κ2) is 7.03. The topological polar surface area (TPSA) is 38.7 Å². The van der Waals surface area contributed by atoms with Crippen LogP contribution in [0.15, 0.2) is 36.4 Å². The van der Waals surface area contributed by atoms with Crippen LogP contribution in [0.4, 0.5) is 0 Å². The summed E-state index contributed by atoms with van der Waals surface area (Å²) in [6, 6.07) is 10.5. The van der Waals surface area contributed by atoms with Crippen LogP contribution >= 0.6 is 23.2 Å². The highest BCUT2D eigenvalue weighted by molar-refractivity contribution is 6.31. The predicted molar refractivity (Wildman–Crippen MR) is 84.4 cm³/mol. The summed E-state index contributed by atoms with van der Waals surface area (Å²) in [6.07, 6.45) is -0.667. The standard InChI is InChI=1S/C16H16Cl2O3/c1-10(19)14-8-13(18)4-6-16(14)21-9-11-7-12(17)3-5-15(11)20-2/h3-8,10,19H,9H2,1-2H3/t10-/m0/s1. The van der Waals surface area contributed by atoms with Crippen LogP contribution < -0.4 is 9.47 Å². The largest absolute Gasteiger partial charge is 0.496 e. The number of aliphatic hydroxyl groups is 1. The molecule has 0 radical (unpaired) electrons. The van der Waals surface area contributed by atoms with Crippen LogP contribution in [0, 0.1) is 0 Å². The lowest BCUT2D eigenvalue weighted by Gasteiger charge is -2.15. The average molecular weight is 327 g/mol. The Bertz CT molecular complexity index is 627. The molecule has 0 aliphatic rings. The molecule has 1 N–H and O–H groups in total. The van der Waals surface area contributed by atoms with Crippen molar-refractivity contribution >= 4 is 23.2 Å². The first kappa shape index (κ1) is 16.0. The number of methoxy groups -OCH3 is 1. The molecule has 2 aromatic rings. The summed E-state index contributed by atoms with van der Waals surface area (Å²) in [6.45, 7) is 1.95. The molecule has 0 unspecified atom stereocenters. The van der Waals surface area contributed by atoms with Crippen molar-refractivity contribution in [3.05, 3.63) is 57.6 Å². The maximum absolute atomic E-state index is 9.79. The van der Waals surface area contributed by atoms with E-state index in [0.29, 0.717) is 27.1 Å². The van der Waals surface area contributed by atoms with Crippen molar-refractivity contribution < 1.29 is 14.6 Å². The van der Waals surface area contributed by atoms with Crippen LogP contribution in [0.2, 0.25) is 10.0 Å². The molecule has 5 heteroatoms. The minimum Gasteiger partial charge on any atom is -0.496 e. The summed E-state index contributed by atoms with van der Waals surface area (Å²) in [5, 5.41) is 11.0. The van der Waals surface area contributed by atoms with Crippen molar-refractivity contribution in [1.29, 1.82) is 0 Å². The zero-order valence-electron chi connectivity index (χ0n) is 11.8. The van der Waals surface area contributed by atoms with E-state index in [0.717, 1.165) is 5.56 Å². The number of ether oxygens (including phenoxy) is 2. The first-order valence-electron chi connectivity index (χ1n) is 6.44. The van der Waals surface area contributed by atoms with Gasteiger partial charge in [-0.05, 0) is 43.3 Å². The van der Waals surface area contributed by atoms with Crippen molar-refractivity contribution in [2.45, 2.75) is 19.6 Å². The smallest absolute Gasteiger partial charge is 0.125 e. The molecule has 0 fully saturated rings. The van der Waals surface area contributed by atoms with E-state index < -0.39 is 6.10 Å². The Kier molecular flexibility index (Phi) is 5.34. The fourth-order valence-electron chi connectivity index (χ4n) is 1.99. The molecule has 0 aliphatic heterocycles. The van der Waals surface area contributed by atoms with E-state index in [4.69, 9.17) is 32.7 Å². The molecule has 0 saturated carbocycles. The number of aliphatic hydroxyl groups excluding tert-OH is 1. The molecule has 0 amide bonds. The summed E-state index contributed by atoms with van der Waals surface area (Å²) in [7, 11) is 1.59. The fraction of sp³-hybridized carbons (Fsp3) is 0.250. The zero-order chi connectivity index (χ0) is 15.4. The van der Waals surface area contributed by atoms with E-state index in [2.05, 4.69) is 0 Å². The normalized spacial score (nSPS) is 12.0. The summed E-state index contributed by atoms with van der Waals surface area (Å²) in [4.78, 5) is 0. The molecule has 112 valence electrons. The minimum atomic E-state index is -0.667. The minimum absolute atomic E-state index is 0.283. The third-order valence-corrected chi connectivity index (χ3v) is 3.52. The summed E-state index contributed by atoms with van der Waals surface area (Å²) in [5.74, 6) is 1.28. The van der Waals surface area contributed by atoms with Crippen LogP contribution in [-0.4, -0.2) is 12.2 Å². The summed E-state index contributed by atoms with van der Waals surface area (Å²) >= 11 is 11.9. The number of rotatable bonds is 5. The SMILES string of the molecule is COc1ccc(Cl)cc1COc1ccc(Cl)cc1[C@H](C)O. The Labute approximate surface area is 134 Å². The Morgan fingerprint density at radius 3 is 2.29 bits per heavy atom. The Morgan fingerprint density at radius 2 is 1.67 bits per heavy atom. The molecule has 0 aliphatic carbocycles. The highest BCUT2D eigenvalue weighted by atomic mass is 35.5. The fourth-order valence-corrected chi connectivity index (χ4v) is 2.37. The van der Waals surface area contributed by atoms with E-state index in [1.54, 1.807) is 50.4 Å². The molecule has 0 spiro atoms. The third-order valence-electron chi connectivity index (χ3n) is 3.05. The van der Waals surface area contributed by atoms with E-state index in [1.165, 1.54) is 0 Å². The van der Waals surface area contributed by atoms with Crippen LogP contribution in [0.5, 0.6) is 11.5 Å². The van der Waals surface area contributed by atoms with Gasteiger partial charge in [0.05, 0.1) is 13.2 Å². The first-order chi connectivity index (χ1) is 10.0. The van der Waals surface area contributed by atoms with Crippen LogP contribution in [0.1, 0.15) is 24.2 Å². The second-order valence-electron chi connectivity index (χ2n) is 4.60. The first-order valence-corrected chi connectivity index (χ1v) is 7.19. The lowest BCUT2D eigenvalue weighted by molar-refractivity contribution is 0.190. The highest BCUT2D eigenvalue weighted by Gasteiger charge is 2.11. The number of hydrogen-bond acceptors (Lipinski definition) is 3. The van der Waals surface area contributed by atoms with Crippen molar-refractivity contribution in [2.24, 2.45) is 0 Å². The molecule has 0 heterocycles. The Hall–Kier alpha value is -1.42. The van der Waals surface area contributed by atoms with Gasteiger partial charge in [-0.25, -0.2) is 0 Å². The quantitative estimate of drug-likeness (QED) is 0.870. The molecule has 0 saturated heterocycles. The van der Waals surface area contributed by atoms with Gasteiger partial charge in [0.25, 0.3) is 0 Å². The van der Waals surface area contributed by atoms with Gasteiger partial charge in [-0.15, -0.1) is 0 Å². The lowest BCUT2D eigenvalue weighted by Crippen LogP contribution is -2.02. The molecule has 2 aromatic carbocycles. The van der Waals surface area contributed by atoms with Crippen molar-refractivity contribution in [1.82, 2.24) is 0 Å². The van der Waals surface area contributed by atoms with Gasteiger partial charge in [0.15, 0.2) is 0 Å². The molecule has 3 nitrogen and oxygen atoms in total. The number of hydrogen-bond donors (Lipinski definition) is 1. The van der Waals surface area contributed by atoms with Crippen molar-refractivity contribution in [2.75, 3.05) is 7.11 Å². The average Bonchev–Trinajstić information content (AvgIpc) is 2.46. The monoisotopic (exact) mass is 326 g/mol. The van der Waals surface area contributed by atoms with Gasteiger partial charge in [0.1, 0.15) is 18.1 Å². The van der Waals surface area contributed by atoms with Crippen molar-refractivity contribution in [3.63, 3.8) is 0 Å². The molecule has 21 heavy (non-hydrogen) atoms. The maximum Gasteiger partial charge on any atom is 0.125 e.